The summed E-state index contributed by atoms with van der Waals surface area (Å²) >= 11 is 1.69. The molecule has 1 fully saturated rings. The maximum atomic E-state index is 4.69. The first-order valence-electron chi connectivity index (χ1n) is 10.9. The maximum absolute atomic E-state index is 4.69. The van der Waals surface area contributed by atoms with Crippen LogP contribution in [0.2, 0.25) is 0 Å². The predicted octanol–water partition coefficient (Wildman–Crippen LogP) is 2.94. The van der Waals surface area contributed by atoms with Gasteiger partial charge in [0.15, 0.2) is 5.96 Å². The predicted molar refractivity (Wildman–Crippen MR) is 140 cm³/mol. The van der Waals surface area contributed by atoms with Crippen molar-refractivity contribution in [2.45, 2.75) is 39.7 Å². The Hall–Kier alpha value is -1.53. The number of hydrogen-bond donors (Lipinski definition) is 2. The molecule has 2 aromatic rings. The summed E-state index contributed by atoms with van der Waals surface area (Å²) in [7, 11) is 0. The molecule has 10 heteroatoms. The Labute approximate surface area is 207 Å². The lowest BCUT2D eigenvalue weighted by Gasteiger charge is -2.34. The number of aliphatic imine (C=N–C) groups is 1. The Kier molecular flexibility index (Phi) is 11.4. The number of guanidine groups is 1. The van der Waals surface area contributed by atoms with E-state index in [4.69, 9.17) is 4.99 Å². The second-order valence-corrected chi connectivity index (χ2v) is 8.62. The second kappa shape index (κ2) is 13.8. The van der Waals surface area contributed by atoms with Gasteiger partial charge in [0.05, 0.1) is 12.2 Å². The van der Waals surface area contributed by atoms with Crippen molar-refractivity contribution in [2.24, 2.45) is 4.99 Å². The highest BCUT2D eigenvalue weighted by Crippen LogP contribution is 2.18. The third-order valence-electron chi connectivity index (χ3n) is 5.03. The van der Waals surface area contributed by atoms with Crippen molar-refractivity contribution in [1.82, 2.24) is 30.5 Å². The van der Waals surface area contributed by atoms with E-state index in [1.54, 1.807) is 11.3 Å². The third kappa shape index (κ3) is 8.49. The van der Waals surface area contributed by atoms with Crippen LogP contribution in [0.1, 0.15) is 43.8 Å². The highest BCUT2D eigenvalue weighted by molar-refractivity contribution is 14.0. The van der Waals surface area contributed by atoms with Gasteiger partial charge in [0.1, 0.15) is 5.01 Å². The molecule has 1 saturated heterocycles. The molecule has 3 rings (SSSR count). The third-order valence-corrected chi connectivity index (χ3v) is 5.88. The van der Waals surface area contributed by atoms with Gasteiger partial charge in [-0.25, -0.2) is 19.9 Å². The molecule has 2 N–H and O–H groups in total. The lowest BCUT2D eigenvalue weighted by molar-refractivity contribution is 0.254. The van der Waals surface area contributed by atoms with Crippen molar-refractivity contribution in [3.8, 4) is 0 Å². The largest absolute Gasteiger partial charge is 0.357 e. The molecule has 1 aliphatic heterocycles. The molecular formula is C21H35IN8S. The van der Waals surface area contributed by atoms with Crippen LogP contribution in [0.15, 0.2) is 28.8 Å². The first-order valence-corrected chi connectivity index (χ1v) is 11.7. The molecule has 0 radical (unpaired) electrons. The van der Waals surface area contributed by atoms with Crippen LogP contribution in [0.5, 0.6) is 0 Å². The molecule has 0 aliphatic carbocycles. The number of nitrogens with one attached hydrogen (secondary N) is 2. The Morgan fingerprint density at radius 3 is 2.55 bits per heavy atom. The van der Waals surface area contributed by atoms with Crippen LogP contribution >= 0.6 is 35.3 Å². The Morgan fingerprint density at radius 1 is 1.16 bits per heavy atom. The van der Waals surface area contributed by atoms with Gasteiger partial charge in [-0.15, -0.1) is 35.3 Å². The van der Waals surface area contributed by atoms with Gasteiger partial charge in [-0.05, 0) is 31.9 Å². The molecular weight excluding hydrogens is 523 g/mol. The zero-order valence-electron chi connectivity index (χ0n) is 18.8. The average Bonchev–Trinajstić information content (AvgIpc) is 3.25. The number of rotatable bonds is 9. The topological polar surface area (TPSA) is 81.6 Å². The number of halogens is 1. The van der Waals surface area contributed by atoms with Crippen molar-refractivity contribution in [3.63, 3.8) is 0 Å². The summed E-state index contributed by atoms with van der Waals surface area (Å²) in [5.41, 5.74) is 1.15. The Bertz CT molecular complexity index is 775. The molecule has 172 valence electrons. The number of thiazole rings is 1. The van der Waals surface area contributed by atoms with Gasteiger partial charge in [0, 0.05) is 57.0 Å². The van der Waals surface area contributed by atoms with Crippen molar-refractivity contribution in [3.05, 3.63) is 34.5 Å². The second-order valence-electron chi connectivity index (χ2n) is 7.67. The molecule has 0 bridgehead atoms. The van der Waals surface area contributed by atoms with E-state index in [0.717, 1.165) is 74.8 Å². The van der Waals surface area contributed by atoms with Gasteiger partial charge in [-0.2, -0.15) is 0 Å². The van der Waals surface area contributed by atoms with Gasteiger partial charge in [-0.1, -0.05) is 13.8 Å². The summed E-state index contributed by atoms with van der Waals surface area (Å²) in [6.07, 6.45) is 4.70. The van der Waals surface area contributed by atoms with Crippen molar-refractivity contribution >= 4 is 47.2 Å². The smallest absolute Gasteiger partial charge is 0.225 e. The summed E-state index contributed by atoms with van der Waals surface area (Å²) in [5.74, 6) is 2.17. The molecule has 0 spiro atoms. The van der Waals surface area contributed by atoms with E-state index >= 15 is 0 Å². The molecule has 0 atom stereocenters. The van der Waals surface area contributed by atoms with E-state index in [9.17, 15) is 0 Å². The minimum atomic E-state index is 0. The summed E-state index contributed by atoms with van der Waals surface area (Å²) in [5, 5.41) is 9.98. The molecule has 0 saturated carbocycles. The number of aromatic nitrogens is 3. The fraction of sp³-hybridized carbons (Fsp3) is 0.619. The lowest BCUT2D eigenvalue weighted by atomic mass is 10.2. The number of hydrogen-bond acceptors (Lipinski definition) is 7. The molecule has 3 heterocycles. The highest BCUT2D eigenvalue weighted by atomic mass is 127. The molecule has 2 aromatic heterocycles. The normalized spacial score (nSPS) is 15.1. The van der Waals surface area contributed by atoms with Gasteiger partial charge >= 0.3 is 0 Å². The van der Waals surface area contributed by atoms with Crippen LogP contribution in [0.3, 0.4) is 0 Å². The summed E-state index contributed by atoms with van der Waals surface area (Å²) in [6, 6.07) is 1.86. The van der Waals surface area contributed by atoms with Crippen molar-refractivity contribution < 1.29 is 0 Å². The van der Waals surface area contributed by atoms with E-state index in [2.05, 4.69) is 61.5 Å². The number of piperazine rings is 1. The lowest BCUT2D eigenvalue weighted by Crippen LogP contribution is -2.47. The van der Waals surface area contributed by atoms with E-state index in [1.807, 2.05) is 18.5 Å². The molecule has 8 nitrogen and oxygen atoms in total. The van der Waals surface area contributed by atoms with Crippen LogP contribution in [-0.2, 0) is 6.54 Å². The molecule has 0 amide bonds. The van der Waals surface area contributed by atoms with E-state index in [-0.39, 0.29) is 24.0 Å². The number of nitrogens with zero attached hydrogens (tertiary/aromatic N) is 6. The standard InChI is InChI=1S/C21H34N8S.HI/c1-4-22-20(26-15-19-27-18(16-30-19)17(2)3)23-9-6-10-28-11-13-29(14-12-28)21-24-7-5-8-25-21;/h5,7-8,16-17H,4,6,9-15H2,1-3H3,(H2,22,23,26);1H. The first-order chi connectivity index (χ1) is 14.7. The Balaban J connectivity index is 0.00000341. The SMILES string of the molecule is CCNC(=NCc1nc(C(C)C)cs1)NCCCN1CCN(c2ncccn2)CC1.I. The summed E-state index contributed by atoms with van der Waals surface area (Å²) in [6.45, 7) is 14.0. The highest BCUT2D eigenvalue weighted by Gasteiger charge is 2.18. The quantitative estimate of drug-likeness (QED) is 0.212. The minimum Gasteiger partial charge on any atom is -0.357 e. The summed E-state index contributed by atoms with van der Waals surface area (Å²) in [4.78, 5) is 22.8. The number of anilines is 1. The van der Waals surface area contributed by atoms with Crippen LogP contribution in [0.25, 0.3) is 0 Å². The van der Waals surface area contributed by atoms with Crippen LogP contribution < -0.4 is 15.5 Å². The molecule has 31 heavy (non-hydrogen) atoms. The molecule has 0 unspecified atom stereocenters. The monoisotopic (exact) mass is 558 g/mol. The van der Waals surface area contributed by atoms with Crippen LogP contribution in [0, 0.1) is 0 Å². The summed E-state index contributed by atoms with van der Waals surface area (Å²) < 4.78 is 0. The fourth-order valence-corrected chi connectivity index (χ4v) is 4.17. The van der Waals surface area contributed by atoms with Gasteiger partial charge in [0.2, 0.25) is 5.95 Å². The Morgan fingerprint density at radius 2 is 1.90 bits per heavy atom. The van der Waals surface area contributed by atoms with Crippen LogP contribution in [0.4, 0.5) is 5.95 Å². The van der Waals surface area contributed by atoms with E-state index in [0.29, 0.717) is 12.5 Å². The first kappa shape index (κ1) is 25.7. The molecule has 1 aliphatic rings. The maximum Gasteiger partial charge on any atom is 0.225 e. The van der Waals surface area contributed by atoms with Gasteiger partial charge in [-0.3, -0.25) is 4.90 Å². The van der Waals surface area contributed by atoms with E-state index in [1.165, 1.54) is 0 Å². The zero-order chi connectivity index (χ0) is 21.2. The molecule has 0 aromatic carbocycles. The fourth-order valence-electron chi connectivity index (χ4n) is 3.29. The van der Waals surface area contributed by atoms with Crippen molar-refractivity contribution in [2.75, 3.05) is 50.7 Å². The van der Waals surface area contributed by atoms with Gasteiger partial charge < -0.3 is 15.5 Å². The van der Waals surface area contributed by atoms with Crippen molar-refractivity contribution in [1.29, 1.82) is 0 Å². The van der Waals surface area contributed by atoms with Gasteiger partial charge in [0.25, 0.3) is 0 Å². The zero-order valence-corrected chi connectivity index (χ0v) is 21.9. The van der Waals surface area contributed by atoms with Crippen LogP contribution in [-0.4, -0.2) is 71.6 Å². The minimum absolute atomic E-state index is 0. The van der Waals surface area contributed by atoms with E-state index < -0.39 is 0 Å². The average molecular weight is 559 g/mol.